The fraction of sp³-hybridized carbons (Fsp3) is 0.438. The van der Waals surface area contributed by atoms with Gasteiger partial charge in [0.25, 0.3) is 0 Å². The van der Waals surface area contributed by atoms with Gasteiger partial charge in [0.15, 0.2) is 12.8 Å². The molecule has 0 fully saturated rings. The molecule has 2 heterocycles. The maximum atomic E-state index is 13.7. The van der Waals surface area contributed by atoms with Crippen LogP contribution in [-0.4, -0.2) is 41.1 Å². The van der Waals surface area contributed by atoms with Gasteiger partial charge in [-0.1, -0.05) is 0 Å². The van der Waals surface area contributed by atoms with E-state index in [1.54, 1.807) is 11.7 Å². The number of benzene rings is 1. The van der Waals surface area contributed by atoms with Crippen LogP contribution >= 0.6 is 24.0 Å². The molecular weight excluding hydrogens is 454 g/mol. The van der Waals surface area contributed by atoms with Crippen LogP contribution in [0.15, 0.2) is 23.5 Å². The summed E-state index contributed by atoms with van der Waals surface area (Å²) in [6.07, 6.45) is 2.11. The zero-order valence-corrected chi connectivity index (χ0v) is 17.0. The van der Waals surface area contributed by atoms with Crippen LogP contribution in [0.3, 0.4) is 0 Å². The van der Waals surface area contributed by atoms with E-state index >= 15 is 0 Å². The van der Waals surface area contributed by atoms with Gasteiger partial charge in [-0.3, -0.25) is 9.67 Å². The highest BCUT2D eigenvalue weighted by molar-refractivity contribution is 14.0. The zero-order chi connectivity index (χ0) is 17.6. The molecule has 0 radical (unpaired) electrons. The Morgan fingerprint density at radius 3 is 2.96 bits per heavy atom. The highest BCUT2D eigenvalue weighted by Crippen LogP contribution is 2.29. The number of ether oxygens (including phenoxy) is 2. The lowest BCUT2D eigenvalue weighted by Gasteiger charge is -2.21. The molecular formula is C16H22FIN6O2. The molecule has 142 valence electrons. The number of hydrogen-bond acceptors (Lipinski definition) is 5. The third kappa shape index (κ3) is 5.04. The third-order valence-corrected chi connectivity index (χ3v) is 3.88. The third-order valence-electron chi connectivity index (χ3n) is 3.88. The molecule has 0 spiro atoms. The first-order valence-electron chi connectivity index (χ1n) is 7.96. The van der Waals surface area contributed by atoms with Crippen LogP contribution < -0.4 is 15.4 Å². The minimum Gasteiger partial charge on any atom is -0.467 e. The lowest BCUT2D eigenvalue weighted by molar-refractivity contribution is -0.0172. The highest BCUT2D eigenvalue weighted by atomic mass is 127. The van der Waals surface area contributed by atoms with E-state index in [2.05, 4.69) is 25.7 Å². The van der Waals surface area contributed by atoms with E-state index in [0.29, 0.717) is 32.1 Å². The number of rotatable bonds is 5. The van der Waals surface area contributed by atoms with Crippen LogP contribution in [0.4, 0.5) is 4.39 Å². The first-order valence-corrected chi connectivity index (χ1v) is 7.96. The van der Waals surface area contributed by atoms with E-state index in [4.69, 9.17) is 9.47 Å². The first-order chi connectivity index (χ1) is 12.2. The lowest BCUT2D eigenvalue weighted by atomic mass is 10.1. The molecule has 0 bridgehead atoms. The first kappa shape index (κ1) is 20.4. The van der Waals surface area contributed by atoms with Gasteiger partial charge in [-0.25, -0.2) is 9.37 Å². The summed E-state index contributed by atoms with van der Waals surface area (Å²) in [6.45, 7) is 1.65. The van der Waals surface area contributed by atoms with Crippen molar-refractivity contribution in [1.29, 1.82) is 0 Å². The number of aliphatic imine (C=N–C) groups is 1. The Morgan fingerprint density at radius 2 is 2.23 bits per heavy atom. The Morgan fingerprint density at radius 1 is 1.38 bits per heavy atom. The van der Waals surface area contributed by atoms with Gasteiger partial charge < -0.3 is 20.1 Å². The van der Waals surface area contributed by atoms with Crippen molar-refractivity contribution in [3.05, 3.63) is 41.2 Å². The summed E-state index contributed by atoms with van der Waals surface area (Å²) in [4.78, 5) is 8.31. The molecule has 2 aromatic rings. The number of nitrogens with zero attached hydrogens (tertiary/aromatic N) is 4. The predicted octanol–water partition coefficient (Wildman–Crippen LogP) is 1.35. The second-order valence-electron chi connectivity index (χ2n) is 5.57. The molecule has 1 aliphatic heterocycles. The topological polar surface area (TPSA) is 85.6 Å². The van der Waals surface area contributed by atoms with Crippen molar-refractivity contribution in [2.75, 3.05) is 20.4 Å². The van der Waals surface area contributed by atoms with Crippen molar-refractivity contribution in [3.63, 3.8) is 0 Å². The highest BCUT2D eigenvalue weighted by Gasteiger charge is 2.16. The summed E-state index contributed by atoms with van der Waals surface area (Å²) in [6, 6.07) is 2.95. The van der Waals surface area contributed by atoms with Crippen molar-refractivity contribution in [3.8, 4) is 5.75 Å². The van der Waals surface area contributed by atoms with Crippen LogP contribution in [0, 0.1) is 5.82 Å². The van der Waals surface area contributed by atoms with Gasteiger partial charge in [0.2, 0.25) is 0 Å². The van der Waals surface area contributed by atoms with Crippen LogP contribution in [0.5, 0.6) is 5.75 Å². The number of aromatic nitrogens is 3. The number of halogens is 2. The van der Waals surface area contributed by atoms with Crippen molar-refractivity contribution in [1.82, 2.24) is 25.4 Å². The van der Waals surface area contributed by atoms with Crippen molar-refractivity contribution in [2.24, 2.45) is 12.0 Å². The average Bonchev–Trinajstić information content (AvgIpc) is 3.02. The molecule has 0 saturated heterocycles. The Hall–Kier alpha value is -1.95. The predicted molar refractivity (Wildman–Crippen MR) is 105 cm³/mol. The minimum atomic E-state index is -0.285. The molecule has 1 aromatic carbocycles. The number of fused-ring (bicyclic) bond motifs is 1. The SMILES string of the molecule is CN=C(NCCc1cc(F)cc2c1OCOC2)NCc1ncnn1C.I. The summed E-state index contributed by atoms with van der Waals surface area (Å²) in [5, 5.41) is 10.4. The molecule has 0 atom stereocenters. The number of guanidine groups is 1. The Balaban J connectivity index is 0.00000243. The molecule has 2 N–H and O–H groups in total. The molecule has 3 rings (SSSR count). The fourth-order valence-corrected chi connectivity index (χ4v) is 2.62. The minimum absolute atomic E-state index is 0. The Kier molecular flexibility index (Phi) is 7.57. The second kappa shape index (κ2) is 9.67. The van der Waals surface area contributed by atoms with Crippen LogP contribution in [0.2, 0.25) is 0 Å². The van der Waals surface area contributed by atoms with E-state index < -0.39 is 0 Å². The van der Waals surface area contributed by atoms with Crippen LogP contribution in [0.25, 0.3) is 0 Å². The summed E-state index contributed by atoms with van der Waals surface area (Å²) in [5.74, 6) is 1.87. The van der Waals surface area contributed by atoms with Crippen LogP contribution in [0.1, 0.15) is 17.0 Å². The van der Waals surface area contributed by atoms with Gasteiger partial charge in [0, 0.05) is 26.2 Å². The van der Waals surface area contributed by atoms with Crippen molar-refractivity contribution >= 4 is 29.9 Å². The fourth-order valence-electron chi connectivity index (χ4n) is 2.62. The zero-order valence-electron chi connectivity index (χ0n) is 14.7. The molecule has 0 aliphatic carbocycles. The maximum Gasteiger partial charge on any atom is 0.191 e. The van der Waals surface area contributed by atoms with Gasteiger partial charge in [-0.2, -0.15) is 5.10 Å². The molecule has 0 amide bonds. The summed E-state index contributed by atoms with van der Waals surface area (Å²) in [7, 11) is 3.52. The van der Waals surface area contributed by atoms with Crippen molar-refractivity contribution in [2.45, 2.75) is 19.6 Å². The quantitative estimate of drug-likeness (QED) is 0.385. The molecule has 0 saturated carbocycles. The lowest BCUT2D eigenvalue weighted by Crippen LogP contribution is -2.38. The van der Waals surface area contributed by atoms with E-state index in [1.807, 2.05) is 7.05 Å². The van der Waals surface area contributed by atoms with E-state index in [9.17, 15) is 4.39 Å². The number of aryl methyl sites for hydroxylation is 1. The molecule has 1 aliphatic rings. The van der Waals surface area contributed by atoms with Crippen LogP contribution in [-0.2, 0) is 31.4 Å². The number of nitrogens with one attached hydrogen (secondary N) is 2. The normalized spacial score (nSPS) is 13.4. The van der Waals surface area contributed by atoms with Gasteiger partial charge in [0.1, 0.15) is 23.7 Å². The van der Waals surface area contributed by atoms with E-state index in [-0.39, 0.29) is 36.6 Å². The van der Waals surface area contributed by atoms with Gasteiger partial charge >= 0.3 is 0 Å². The molecule has 10 heteroatoms. The largest absolute Gasteiger partial charge is 0.467 e. The van der Waals surface area contributed by atoms with E-state index in [0.717, 1.165) is 22.7 Å². The summed E-state index contributed by atoms with van der Waals surface area (Å²) >= 11 is 0. The van der Waals surface area contributed by atoms with Crippen molar-refractivity contribution < 1.29 is 13.9 Å². The summed E-state index contributed by atoms with van der Waals surface area (Å²) < 4.78 is 26.2. The summed E-state index contributed by atoms with van der Waals surface area (Å²) in [5.41, 5.74) is 1.56. The second-order valence-corrected chi connectivity index (χ2v) is 5.57. The van der Waals surface area contributed by atoms with E-state index in [1.165, 1.54) is 18.5 Å². The average molecular weight is 476 g/mol. The van der Waals surface area contributed by atoms with Gasteiger partial charge in [0.05, 0.1) is 13.2 Å². The molecule has 0 unspecified atom stereocenters. The molecule has 8 nitrogen and oxygen atoms in total. The standard InChI is InChI=1S/C16H21FN6O2.HI/c1-18-16(20-7-14-21-9-22-23(14)2)19-4-3-11-5-13(17)6-12-8-24-10-25-15(11)12;/h5-6,9H,3-4,7-8,10H2,1-2H3,(H2,18,19,20);1H. The Bertz CT molecular complexity index is 767. The Labute approximate surface area is 168 Å². The van der Waals surface area contributed by atoms with Gasteiger partial charge in [-0.15, -0.1) is 24.0 Å². The smallest absolute Gasteiger partial charge is 0.191 e. The number of hydrogen-bond donors (Lipinski definition) is 2. The maximum absolute atomic E-state index is 13.7. The monoisotopic (exact) mass is 476 g/mol. The van der Waals surface area contributed by atoms with Gasteiger partial charge in [-0.05, 0) is 24.1 Å². The molecule has 1 aromatic heterocycles. The molecule has 26 heavy (non-hydrogen) atoms.